The zero-order valence-corrected chi connectivity index (χ0v) is 16.4. The van der Waals surface area contributed by atoms with Crippen LogP contribution >= 0.6 is 0 Å². The molecule has 1 saturated carbocycles. The van der Waals surface area contributed by atoms with Crippen LogP contribution in [0.3, 0.4) is 0 Å². The molecule has 1 saturated heterocycles. The Bertz CT molecular complexity index is 742. The molecule has 1 aliphatic heterocycles. The Morgan fingerprint density at radius 2 is 1.81 bits per heavy atom. The molecule has 0 spiro atoms. The average molecular weight is 399 g/mol. The number of carbonyl (C=O) groups excluding carboxylic acids is 1. The summed E-state index contributed by atoms with van der Waals surface area (Å²) in [5.74, 6) is -0.101. The van der Waals surface area contributed by atoms with E-state index in [1.807, 2.05) is 0 Å². The van der Waals surface area contributed by atoms with E-state index in [2.05, 4.69) is 5.32 Å². The van der Waals surface area contributed by atoms with Crippen LogP contribution in [0, 0.1) is 11.7 Å². The van der Waals surface area contributed by atoms with Crippen molar-refractivity contribution in [3.8, 4) is 0 Å². The van der Waals surface area contributed by atoms with Gasteiger partial charge in [-0.2, -0.15) is 4.31 Å². The summed E-state index contributed by atoms with van der Waals surface area (Å²) in [6.45, 7) is 2.79. The van der Waals surface area contributed by atoms with E-state index < -0.39 is 15.8 Å². The molecule has 1 heterocycles. The van der Waals surface area contributed by atoms with Gasteiger partial charge in [-0.3, -0.25) is 4.79 Å². The minimum atomic E-state index is -3.82. The number of benzene rings is 1. The van der Waals surface area contributed by atoms with Crippen LogP contribution in [0.15, 0.2) is 29.2 Å². The fraction of sp³-hybridized carbons (Fsp3) is 0.632. The van der Waals surface area contributed by atoms with Crippen molar-refractivity contribution in [1.82, 2.24) is 9.62 Å². The van der Waals surface area contributed by atoms with Gasteiger partial charge < -0.3 is 10.2 Å². The molecule has 8 heteroatoms. The van der Waals surface area contributed by atoms with Gasteiger partial charge in [0.15, 0.2) is 6.54 Å². The number of nitrogens with one attached hydrogen (secondary N) is 2. The number of carbonyl (C=O) groups is 1. The molecule has 0 atom stereocenters. The maximum atomic E-state index is 13.9. The Hall–Kier alpha value is -1.51. The van der Waals surface area contributed by atoms with Gasteiger partial charge in [0.05, 0.1) is 26.2 Å². The number of piperazine rings is 1. The quantitative estimate of drug-likeness (QED) is 0.729. The van der Waals surface area contributed by atoms with Crippen molar-refractivity contribution in [2.45, 2.75) is 37.0 Å². The van der Waals surface area contributed by atoms with E-state index in [1.165, 1.54) is 54.6 Å². The van der Waals surface area contributed by atoms with Crippen molar-refractivity contribution in [3.63, 3.8) is 0 Å². The Morgan fingerprint density at radius 3 is 2.48 bits per heavy atom. The summed E-state index contributed by atoms with van der Waals surface area (Å²) in [5, 5.41) is 3.03. The maximum Gasteiger partial charge on any atom is 0.275 e. The highest BCUT2D eigenvalue weighted by Crippen LogP contribution is 2.22. The summed E-state index contributed by atoms with van der Waals surface area (Å²) in [6.07, 6.45) is 6.20. The molecule has 2 fully saturated rings. The summed E-state index contributed by atoms with van der Waals surface area (Å²) in [6, 6.07) is 5.45. The first-order valence-electron chi connectivity index (χ1n) is 9.82. The zero-order valence-electron chi connectivity index (χ0n) is 15.6. The lowest BCUT2D eigenvalue weighted by Crippen LogP contribution is -3.15. The number of amides is 1. The van der Waals surface area contributed by atoms with Crippen molar-refractivity contribution in [2.75, 3.05) is 39.3 Å². The first-order valence-corrected chi connectivity index (χ1v) is 11.3. The van der Waals surface area contributed by atoms with Crippen LogP contribution in [0.4, 0.5) is 4.39 Å². The summed E-state index contributed by atoms with van der Waals surface area (Å²) in [7, 11) is -3.82. The maximum absolute atomic E-state index is 13.9. The number of nitrogens with zero attached hydrogens (tertiary/aromatic N) is 1. The molecule has 150 valence electrons. The van der Waals surface area contributed by atoms with Crippen LogP contribution in [0.25, 0.3) is 0 Å². The highest BCUT2D eigenvalue weighted by atomic mass is 32.2. The molecule has 1 amide bonds. The third-order valence-corrected chi connectivity index (χ3v) is 7.54. The van der Waals surface area contributed by atoms with E-state index in [-0.39, 0.29) is 10.8 Å². The van der Waals surface area contributed by atoms with Gasteiger partial charge in [0.1, 0.15) is 10.7 Å². The van der Waals surface area contributed by atoms with E-state index in [4.69, 9.17) is 0 Å². The third-order valence-electron chi connectivity index (χ3n) is 5.61. The van der Waals surface area contributed by atoms with E-state index in [0.717, 1.165) is 17.5 Å². The highest BCUT2D eigenvalue weighted by molar-refractivity contribution is 7.89. The minimum Gasteiger partial charge on any atom is -0.351 e. The Balaban J connectivity index is 1.46. The second-order valence-electron chi connectivity index (χ2n) is 7.57. The summed E-state index contributed by atoms with van der Waals surface area (Å²) in [4.78, 5) is 13.0. The second kappa shape index (κ2) is 9.12. The molecule has 27 heavy (non-hydrogen) atoms. The van der Waals surface area contributed by atoms with Crippen LogP contribution in [-0.4, -0.2) is 57.9 Å². The standard InChI is InChI=1S/C19H28FN3O3S/c20-17-8-4-5-9-18(17)27(25,26)23-12-10-22(11-13-23)15-19(24)21-14-16-6-2-1-3-7-16/h4-5,8-9,16H,1-3,6-7,10-15H2,(H,21,24)/p+1. The molecular weight excluding hydrogens is 369 g/mol. The van der Waals surface area contributed by atoms with Gasteiger partial charge in [-0.15, -0.1) is 0 Å². The van der Waals surface area contributed by atoms with E-state index in [0.29, 0.717) is 38.6 Å². The van der Waals surface area contributed by atoms with Crippen molar-refractivity contribution in [3.05, 3.63) is 30.1 Å². The first kappa shape index (κ1) is 20.2. The molecule has 2 N–H and O–H groups in total. The van der Waals surface area contributed by atoms with Crippen molar-refractivity contribution in [2.24, 2.45) is 5.92 Å². The van der Waals surface area contributed by atoms with Crippen LogP contribution in [-0.2, 0) is 14.8 Å². The molecule has 6 nitrogen and oxygen atoms in total. The van der Waals surface area contributed by atoms with Crippen LogP contribution in [0.5, 0.6) is 0 Å². The number of quaternary nitrogens is 1. The zero-order chi connectivity index (χ0) is 19.3. The largest absolute Gasteiger partial charge is 0.351 e. The lowest BCUT2D eigenvalue weighted by molar-refractivity contribution is -0.895. The van der Waals surface area contributed by atoms with Crippen LogP contribution in [0.2, 0.25) is 0 Å². The van der Waals surface area contributed by atoms with Gasteiger partial charge in [0.25, 0.3) is 5.91 Å². The van der Waals surface area contributed by atoms with E-state index >= 15 is 0 Å². The van der Waals surface area contributed by atoms with E-state index in [9.17, 15) is 17.6 Å². The van der Waals surface area contributed by atoms with Gasteiger partial charge in [0, 0.05) is 6.54 Å². The molecule has 1 aromatic carbocycles. The normalized spacial score (nSPS) is 20.5. The molecule has 3 rings (SSSR count). The molecular formula is C19H29FN3O3S+. The Labute approximate surface area is 160 Å². The Kier molecular flexibility index (Phi) is 6.83. The first-order chi connectivity index (χ1) is 13.0. The summed E-state index contributed by atoms with van der Waals surface area (Å²) in [5.41, 5.74) is 0. The van der Waals surface area contributed by atoms with Gasteiger partial charge in [-0.25, -0.2) is 12.8 Å². The molecule has 2 aliphatic rings. The van der Waals surface area contributed by atoms with Gasteiger partial charge >= 0.3 is 0 Å². The lowest BCUT2D eigenvalue weighted by atomic mass is 9.89. The van der Waals surface area contributed by atoms with Gasteiger partial charge in [0.2, 0.25) is 10.0 Å². The van der Waals surface area contributed by atoms with Crippen LogP contribution in [0.1, 0.15) is 32.1 Å². The van der Waals surface area contributed by atoms with Gasteiger partial charge in [-0.05, 0) is 30.9 Å². The smallest absolute Gasteiger partial charge is 0.275 e. The average Bonchev–Trinajstić information content (AvgIpc) is 2.68. The predicted molar refractivity (Wildman–Crippen MR) is 100 cm³/mol. The summed E-state index contributed by atoms with van der Waals surface area (Å²) < 4.78 is 40.4. The predicted octanol–water partition coefficient (Wildman–Crippen LogP) is 0.411. The fourth-order valence-electron chi connectivity index (χ4n) is 3.95. The molecule has 0 aromatic heterocycles. The number of hydrogen-bond acceptors (Lipinski definition) is 3. The molecule has 1 aliphatic carbocycles. The van der Waals surface area contributed by atoms with Crippen molar-refractivity contribution < 1.29 is 22.5 Å². The van der Waals surface area contributed by atoms with Crippen LogP contribution < -0.4 is 10.2 Å². The summed E-state index contributed by atoms with van der Waals surface area (Å²) >= 11 is 0. The number of rotatable bonds is 6. The monoisotopic (exact) mass is 398 g/mol. The number of sulfonamides is 1. The van der Waals surface area contributed by atoms with E-state index in [1.54, 1.807) is 0 Å². The molecule has 1 aromatic rings. The van der Waals surface area contributed by atoms with Crippen molar-refractivity contribution in [1.29, 1.82) is 0 Å². The van der Waals surface area contributed by atoms with Gasteiger partial charge in [-0.1, -0.05) is 31.4 Å². The number of halogens is 1. The highest BCUT2D eigenvalue weighted by Gasteiger charge is 2.32. The molecule has 0 unspecified atom stereocenters. The number of hydrogen-bond donors (Lipinski definition) is 2. The molecule has 0 bridgehead atoms. The van der Waals surface area contributed by atoms with Crippen molar-refractivity contribution >= 4 is 15.9 Å². The fourth-order valence-corrected chi connectivity index (χ4v) is 5.46. The lowest BCUT2D eigenvalue weighted by Gasteiger charge is -2.31. The second-order valence-corrected chi connectivity index (χ2v) is 9.48. The Morgan fingerprint density at radius 1 is 1.15 bits per heavy atom. The third kappa shape index (κ3) is 5.27. The SMILES string of the molecule is O=C(C[NH+]1CCN(S(=O)(=O)c2ccccc2F)CC1)NCC1CCCCC1. The molecule has 0 radical (unpaired) electrons. The topological polar surface area (TPSA) is 70.9 Å². The minimum absolute atomic E-state index is 0.0287.